The summed E-state index contributed by atoms with van der Waals surface area (Å²) in [6.07, 6.45) is 0.284. The molecule has 0 aliphatic carbocycles. The van der Waals surface area contributed by atoms with E-state index < -0.39 is 16.6 Å². The van der Waals surface area contributed by atoms with Gasteiger partial charge in [0, 0.05) is 24.6 Å². The molecular weight excluding hydrogens is 404 g/mol. The lowest BCUT2D eigenvalue weighted by atomic mass is 9.98. The fraction of sp³-hybridized carbons (Fsp3) is 0.318. The Morgan fingerprint density at radius 3 is 2.52 bits per heavy atom. The third-order valence-corrected chi connectivity index (χ3v) is 5.13. The number of benzene rings is 2. The smallest absolute Gasteiger partial charge is 0.419 e. The maximum atomic E-state index is 12.4. The van der Waals surface area contributed by atoms with E-state index in [9.17, 15) is 24.5 Å². The summed E-state index contributed by atoms with van der Waals surface area (Å²) in [5.41, 5.74) is 3.77. The lowest BCUT2D eigenvalue weighted by molar-refractivity contribution is -0.384. The van der Waals surface area contributed by atoms with Crippen molar-refractivity contribution in [2.75, 3.05) is 6.61 Å². The minimum atomic E-state index is -0.663. The second-order valence-corrected chi connectivity index (χ2v) is 7.37. The van der Waals surface area contributed by atoms with Gasteiger partial charge in [0.2, 0.25) is 5.78 Å². The van der Waals surface area contributed by atoms with E-state index >= 15 is 0 Å². The fourth-order valence-electron chi connectivity index (χ4n) is 3.32. The Bertz CT molecular complexity index is 1240. The molecule has 162 valence electrons. The van der Waals surface area contributed by atoms with Crippen molar-refractivity contribution in [3.8, 4) is 0 Å². The highest BCUT2D eigenvalue weighted by atomic mass is 16.6. The molecule has 0 bridgehead atoms. The predicted molar refractivity (Wildman–Crippen MR) is 112 cm³/mol. The van der Waals surface area contributed by atoms with Crippen molar-refractivity contribution < 1.29 is 23.7 Å². The van der Waals surface area contributed by atoms with Crippen molar-refractivity contribution in [1.29, 1.82) is 0 Å². The van der Waals surface area contributed by atoms with Crippen LogP contribution in [-0.4, -0.2) is 27.8 Å². The number of non-ortho nitro benzene ring substituents is 1. The first kappa shape index (κ1) is 21.9. The molecule has 1 aromatic heterocycles. The summed E-state index contributed by atoms with van der Waals surface area (Å²) in [5, 5.41) is 10.8. The number of esters is 1. The minimum Gasteiger partial charge on any atom is -0.457 e. The molecule has 0 spiro atoms. The topological polar surface area (TPSA) is 122 Å². The molecule has 0 aliphatic rings. The minimum absolute atomic E-state index is 0.00524. The van der Waals surface area contributed by atoms with Crippen LogP contribution in [0.4, 0.5) is 5.69 Å². The van der Waals surface area contributed by atoms with Gasteiger partial charge in [-0.15, -0.1) is 0 Å². The van der Waals surface area contributed by atoms with E-state index in [1.165, 1.54) is 22.8 Å². The van der Waals surface area contributed by atoms with Crippen LogP contribution in [0.1, 0.15) is 39.9 Å². The van der Waals surface area contributed by atoms with E-state index in [0.29, 0.717) is 11.1 Å². The number of oxazole rings is 1. The number of fused-ring (bicyclic) bond motifs is 1. The van der Waals surface area contributed by atoms with Gasteiger partial charge < -0.3 is 9.15 Å². The standard InChI is InChI=1S/C22H22N2O7/c1-13-9-15(3)17(10-14(13)2)19(25)12-30-21(26)5-4-8-23-18-7-6-16(24(28)29)11-20(18)31-22(23)27/h6-7,9-11H,4-5,8,12H2,1-3H3. The summed E-state index contributed by atoms with van der Waals surface area (Å²) in [6, 6.07) is 7.61. The van der Waals surface area contributed by atoms with Gasteiger partial charge in [-0.25, -0.2) is 4.79 Å². The normalized spacial score (nSPS) is 10.9. The van der Waals surface area contributed by atoms with Gasteiger partial charge in [-0.3, -0.25) is 24.3 Å². The van der Waals surface area contributed by atoms with Crippen molar-refractivity contribution in [2.45, 2.75) is 40.2 Å². The molecule has 0 saturated carbocycles. The van der Waals surface area contributed by atoms with Crippen LogP contribution in [0.15, 0.2) is 39.5 Å². The van der Waals surface area contributed by atoms with E-state index in [0.717, 1.165) is 16.7 Å². The second-order valence-electron chi connectivity index (χ2n) is 7.37. The van der Waals surface area contributed by atoms with Crippen LogP contribution in [0.2, 0.25) is 0 Å². The molecule has 0 amide bonds. The molecular formula is C22H22N2O7. The Kier molecular flexibility index (Phi) is 6.33. The van der Waals surface area contributed by atoms with Crippen LogP contribution in [0, 0.1) is 30.9 Å². The lowest BCUT2D eigenvalue weighted by Crippen LogP contribution is -2.17. The maximum Gasteiger partial charge on any atom is 0.419 e. The largest absolute Gasteiger partial charge is 0.457 e. The summed E-state index contributed by atoms with van der Waals surface area (Å²) >= 11 is 0. The SMILES string of the molecule is Cc1cc(C)c(C(=O)COC(=O)CCCn2c(=O)oc3cc([N+](=O)[O-])ccc32)cc1C. The van der Waals surface area contributed by atoms with E-state index in [-0.39, 0.29) is 43.0 Å². The summed E-state index contributed by atoms with van der Waals surface area (Å²) in [7, 11) is 0. The molecule has 0 unspecified atom stereocenters. The Balaban J connectivity index is 1.55. The van der Waals surface area contributed by atoms with Gasteiger partial charge in [0.1, 0.15) is 0 Å². The molecule has 0 N–H and O–H groups in total. The number of nitro groups is 1. The fourth-order valence-corrected chi connectivity index (χ4v) is 3.32. The number of rotatable bonds is 8. The number of nitrogens with zero attached hydrogens (tertiary/aromatic N) is 2. The number of hydrogen-bond acceptors (Lipinski definition) is 7. The molecule has 3 aromatic rings. The molecule has 2 aromatic carbocycles. The van der Waals surface area contributed by atoms with Crippen molar-refractivity contribution in [3.05, 3.63) is 73.3 Å². The lowest BCUT2D eigenvalue weighted by Gasteiger charge is -2.09. The number of nitro benzene ring substituents is 1. The summed E-state index contributed by atoms with van der Waals surface area (Å²) in [6.45, 7) is 5.54. The number of aryl methyl sites for hydroxylation is 4. The van der Waals surface area contributed by atoms with Gasteiger partial charge in [-0.1, -0.05) is 6.07 Å². The zero-order valence-electron chi connectivity index (χ0n) is 17.5. The molecule has 0 atom stereocenters. The number of carbonyl (C=O) groups is 2. The quantitative estimate of drug-likeness (QED) is 0.233. The zero-order valence-corrected chi connectivity index (χ0v) is 17.5. The number of Topliss-reactive ketones (excluding diaryl/α,β-unsaturated/α-hetero) is 1. The number of carbonyl (C=O) groups excluding carboxylic acids is 2. The predicted octanol–water partition coefficient (Wildman–Crippen LogP) is 3.63. The number of hydrogen-bond donors (Lipinski definition) is 0. The molecule has 0 fully saturated rings. The average molecular weight is 426 g/mol. The summed E-state index contributed by atoms with van der Waals surface area (Å²) < 4.78 is 11.4. The molecule has 3 rings (SSSR count). The molecule has 9 heteroatoms. The van der Waals surface area contributed by atoms with Crippen LogP contribution in [-0.2, 0) is 16.1 Å². The molecule has 31 heavy (non-hydrogen) atoms. The van der Waals surface area contributed by atoms with E-state index in [4.69, 9.17) is 9.15 Å². The monoisotopic (exact) mass is 426 g/mol. The molecule has 9 nitrogen and oxygen atoms in total. The molecule has 0 radical (unpaired) electrons. The van der Waals surface area contributed by atoms with Crippen LogP contribution < -0.4 is 5.76 Å². The molecule has 1 heterocycles. The van der Waals surface area contributed by atoms with Crippen molar-refractivity contribution in [3.63, 3.8) is 0 Å². The number of aromatic nitrogens is 1. The third kappa shape index (κ3) is 4.88. The van der Waals surface area contributed by atoms with Crippen LogP contribution in [0.5, 0.6) is 0 Å². The maximum absolute atomic E-state index is 12.4. The van der Waals surface area contributed by atoms with E-state index in [1.54, 1.807) is 6.07 Å². The Morgan fingerprint density at radius 1 is 1.10 bits per heavy atom. The highest BCUT2D eigenvalue weighted by Crippen LogP contribution is 2.20. The first-order valence-corrected chi connectivity index (χ1v) is 9.72. The van der Waals surface area contributed by atoms with Crippen LogP contribution >= 0.6 is 0 Å². The Hall–Kier alpha value is -3.75. The van der Waals surface area contributed by atoms with E-state index in [1.807, 2.05) is 26.8 Å². The highest BCUT2D eigenvalue weighted by Gasteiger charge is 2.16. The van der Waals surface area contributed by atoms with E-state index in [2.05, 4.69) is 0 Å². The Morgan fingerprint density at radius 2 is 1.81 bits per heavy atom. The van der Waals surface area contributed by atoms with Gasteiger partial charge in [0.25, 0.3) is 5.69 Å². The average Bonchev–Trinajstić information content (AvgIpc) is 3.03. The Labute approximate surface area is 177 Å². The van der Waals surface area contributed by atoms with Gasteiger partial charge in [-0.2, -0.15) is 0 Å². The third-order valence-electron chi connectivity index (χ3n) is 5.13. The van der Waals surface area contributed by atoms with Crippen LogP contribution in [0.25, 0.3) is 11.1 Å². The molecule has 0 saturated heterocycles. The van der Waals surface area contributed by atoms with Crippen molar-refractivity contribution in [2.24, 2.45) is 0 Å². The van der Waals surface area contributed by atoms with Gasteiger partial charge in [0.05, 0.1) is 16.5 Å². The van der Waals surface area contributed by atoms with Crippen molar-refractivity contribution in [1.82, 2.24) is 4.57 Å². The molecule has 0 aliphatic heterocycles. The first-order valence-electron chi connectivity index (χ1n) is 9.72. The van der Waals surface area contributed by atoms with Crippen LogP contribution in [0.3, 0.4) is 0 Å². The zero-order chi connectivity index (χ0) is 22.7. The summed E-state index contributed by atoms with van der Waals surface area (Å²) in [4.78, 5) is 46.7. The number of ether oxygens (including phenoxy) is 1. The van der Waals surface area contributed by atoms with Gasteiger partial charge >= 0.3 is 11.7 Å². The summed E-state index contributed by atoms with van der Waals surface area (Å²) in [5.74, 6) is -1.48. The van der Waals surface area contributed by atoms with Crippen molar-refractivity contribution >= 4 is 28.5 Å². The van der Waals surface area contributed by atoms with Gasteiger partial charge in [0.15, 0.2) is 12.2 Å². The van der Waals surface area contributed by atoms with Gasteiger partial charge in [-0.05, 0) is 56.0 Å². The highest BCUT2D eigenvalue weighted by molar-refractivity contribution is 5.99. The first-order chi connectivity index (χ1) is 14.7. The second kappa shape index (κ2) is 8.95. The number of ketones is 1.